The molecule has 1 aliphatic rings. The molecule has 27 heavy (non-hydrogen) atoms. The molecule has 1 heterocycles. The summed E-state index contributed by atoms with van der Waals surface area (Å²) in [6, 6.07) is 19.6. The summed E-state index contributed by atoms with van der Waals surface area (Å²) in [5.74, 6) is -0.00397. The SMILES string of the molecule is O=C(NCc1ccccc1)NCC1CN(CCc2ccccc2)C(=O)CO1. The Hall–Kier alpha value is -2.86. The minimum atomic E-state index is -0.241. The zero-order valence-corrected chi connectivity index (χ0v) is 15.3. The van der Waals surface area contributed by atoms with E-state index >= 15 is 0 Å². The second kappa shape index (κ2) is 9.73. The van der Waals surface area contributed by atoms with Gasteiger partial charge in [0.2, 0.25) is 5.91 Å². The molecule has 1 atom stereocenters. The third-order valence-electron chi connectivity index (χ3n) is 4.52. The van der Waals surface area contributed by atoms with E-state index in [0.717, 1.165) is 12.0 Å². The summed E-state index contributed by atoms with van der Waals surface area (Å²) >= 11 is 0. The lowest BCUT2D eigenvalue weighted by Crippen LogP contribution is -2.51. The summed E-state index contributed by atoms with van der Waals surface area (Å²) in [5.41, 5.74) is 2.24. The fourth-order valence-corrected chi connectivity index (χ4v) is 2.98. The van der Waals surface area contributed by atoms with Crippen molar-refractivity contribution < 1.29 is 14.3 Å². The van der Waals surface area contributed by atoms with Crippen LogP contribution in [0.15, 0.2) is 60.7 Å². The van der Waals surface area contributed by atoms with Crippen LogP contribution in [0.3, 0.4) is 0 Å². The summed E-state index contributed by atoms with van der Waals surface area (Å²) < 4.78 is 5.55. The number of nitrogens with one attached hydrogen (secondary N) is 2. The van der Waals surface area contributed by atoms with Gasteiger partial charge in [-0.1, -0.05) is 60.7 Å². The van der Waals surface area contributed by atoms with E-state index in [2.05, 4.69) is 22.8 Å². The molecule has 1 unspecified atom stereocenters. The van der Waals surface area contributed by atoms with Crippen LogP contribution in [0.2, 0.25) is 0 Å². The van der Waals surface area contributed by atoms with E-state index in [9.17, 15) is 9.59 Å². The molecule has 0 aliphatic carbocycles. The standard InChI is InChI=1S/C21H25N3O3/c25-20-16-27-19(15-24(20)12-11-17-7-3-1-4-8-17)14-23-21(26)22-13-18-9-5-2-6-10-18/h1-10,19H,11-16H2,(H2,22,23,26). The maximum atomic E-state index is 12.1. The highest BCUT2D eigenvalue weighted by atomic mass is 16.5. The van der Waals surface area contributed by atoms with Crippen LogP contribution in [0.4, 0.5) is 4.79 Å². The molecule has 3 rings (SSSR count). The van der Waals surface area contributed by atoms with Crippen molar-refractivity contribution in [2.24, 2.45) is 0 Å². The molecule has 0 radical (unpaired) electrons. The minimum absolute atomic E-state index is 0.00397. The van der Waals surface area contributed by atoms with Crippen molar-refractivity contribution in [2.75, 3.05) is 26.2 Å². The zero-order valence-electron chi connectivity index (χ0n) is 15.3. The zero-order chi connectivity index (χ0) is 18.9. The Balaban J connectivity index is 1.39. The summed E-state index contributed by atoms with van der Waals surface area (Å²) in [4.78, 5) is 25.8. The number of urea groups is 1. The largest absolute Gasteiger partial charge is 0.365 e. The van der Waals surface area contributed by atoms with Gasteiger partial charge < -0.3 is 20.3 Å². The third-order valence-corrected chi connectivity index (χ3v) is 4.52. The van der Waals surface area contributed by atoms with E-state index < -0.39 is 0 Å². The van der Waals surface area contributed by atoms with Gasteiger partial charge in [-0.2, -0.15) is 0 Å². The second-order valence-corrected chi connectivity index (χ2v) is 6.56. The normalized spacial score (nSPS) is 16.8. The summed E-state index contributed by atoms with van der Waals surface area (Å²) in [6.45, 7) is 2.05. The molecule has 1 saturated heterocycles. The first-order valence-electron chi connectivity index (χ1n) is 9.19. The molecule has 0 bridgehead atoms. The van der Waals surface area contributed by atoms with Crippen LogP contribution in [-0.2, 0) is 22.5 Å². The topological polar surface area (TPSA) is 70.7 Å². The van der Waals surface area contributed by atoms with Gasteiger partial charge in [0, 0.05) is 26.2 Å². The molecular formula is C21H25N3O3. The van der Waals surface area contributed by atoms with E-state index in [1.165, 1.54) is 5.56 Å². The predicted molar refractivity (Wildman–Crippen MR) is 103 cm³/mol. The Morgan fingerprint density at radius 3 is 2.37 bits per heavy atom. The smallest absolute Gasteiger partial charge is 0.315 e. The van der Waals surface area contributed by atoms with Gasteiger partial charge >= 0.3 is 6.03 Å². The number of ether oxygens (including phenoxy) is 1. The van der Waals surface area contributed by atoms with Gasteiger partial charge in [-0.3, -0.25) is 4.79 Å². The Kier molecular flexibility index (Phi) is 6.82. The summed E-state index contributed by atoms with van der Waals surface area (Å²) in [5, 5.41) is 5.64. The molecule has 1 fully saturated rings. The molecule has 3 amide bonds. The Bertz CT molecular complexity index is 737. The molecule has 1 aliphatic heterocycles. The van der Waals surface area contributed by atoms with Crippen LogP contribution in [-0.4, -0.2) is 49.2 Å². The van der Waals surface area contributed by atoms with Crippen molar-refractivity contribution in [3.63, 3.8) is 0 Å². The highest BCUT2D eigenvalue weighted by Crippen LogP contribution is 2.08. The number of morpholine rings is 1. The van der Waals surface area contributed by atoms with E-state index in [1.54, 1.807) is 0 Å². The number of hydrogen-bond donors (Lipinski definition) is 2. The maximum absolute atomic E-state index is 12.1. The van der Waals surface area contributed by atoms with E-state index in [0.29, 0.717) is 26.2 Å². The Morgan fingerprint density at radius 2 is 1.67 bits per heavy atom. The number of rotatable bonds is 7. The van der Waals surface area contributed by atoms with Crippen LogP contribution >= 0.6 is 0 Å². The van der Waals surface area contributed by atoms with Crippen molar-refractivity contribution in [3.8, 4) is 0 Å². The number of nitrogens with zero attached hydrogens (tertiary/aromatic N) is 1. The molecular weight excluding hydrogens is 342 g/mol. The van der Waals surface area contributed by atoms with Gasteiger partial charge in [-0.15, -0.1) is 0 Å². The maximum Gasteiger partial charge on any atom is 0.315 e. The average molecular weight is 367 g/mol. The van der Waals surface area contributed by atoms with Gasteiger partial charge in [-0.05, 0) is 17.5 Å². The molecule has 0 aromatic heterocycles. The molecule has 142 valence electrons. The first kappa shape index (κ1) is 18.9. The highest BCUT2D eigenvalue weighted by molar-refractivity contribution is 5.78. The van der Waals surface area contributed by atoms with E-state index in [4.69, 9.17) is 4.74 Å². The predicted octanol–water partition coefficient (Wildman–Crippen LogP) is 1.96. The lowest BCUT2D eigenvalue weighted by Gasteiger charge is -2.33. The Morgan fingerprint density at radius 1 is 1.00 bits per heavy atom. The number of benzene rings is 2. The van der Waals surface area contributed by atoms with Crippen LogP contribution < -0.4 is 10.6 Å². The van der Waals surface area contributed by atoms with Crippen molar-refractivity contribution in [3.05, 3.63) is 71.8 Å². The van der Waals surface area contributed by atoms with Crippen LogP contribution in [0.1, 0.15) is 11.1 Å². The highest BCUT2D eigenvalue weighted by Gasteiger charge is 2.26. The lowest BCUT2D eigenvalue weighted by molar-refractivity contribution is -0.148. The molecule has 0 spiro atoms. The molecule has 2 aromatic carbocycles. The van der Waals surface area contributed by atoms with Crippen LogP contribution in [0, 0.1) is 0 Å². The van der Waals surface area contributed by atoms with E-state index in [1.807, 2.05) is 53.4 Å². The Labute approximate surface area is 159 Å². The number of hydrogen-bond acceptors (Lipinski definition) is 3. The minimum Gasteiger partial charge on any atom is -0.365 e. The van der Waals surface area contributed by atoms with E-state index in [-0.39, 0.29) is 24.6 Å². The third kappa shape index (κ3) is 6.11. The van der Waals surface area contributed by atoms with Gasteiger partial charge in [0.25, 0.3) is 0 Å². The second-order valence-electron chi connectivity index (χ2n) is 6.56. The first-order chi connectivity index (χ1) is 13.2. The first-order valence-corrected chi connectivity index (χ1v) is 9.19. The van der Waals surface area contributed by atoms with Crippen LogP contribution in [0.25, 0.3) is 0 Å². The van der Waals surface area contributed by atoms with Gasteiger partial charge in [-0.25, -0.2) is 4.79 Å². The van der Waals surface area contributed by atoms with Gasteiger partial charge in [0.15, 0.2) is 0 Å². The molecule has 6 nitrogen and oxygen atoms in total. The van der Waals surface area contributed by atoms with Gasteiger partial charge in [0.1, 0.15) is 6.61 Å². The van der Waals surface area contributed by atoms with Crippen LogP contribution in [0.5, 0.6) is 0 Å². The van der Waals surface area contributed by atoms with Crippen molar-refractivity contribution in [2.45, 2.75) is 19.1 Å². The molecule has 6 heteroatoms. The quantitative estimate of drug-likeness (QED) is 0.786. The monoisotopic (exact) mass is 367 g/mol. The molecule has 2 aromatic rings. The summed E-state index contributed by atoms with van der Waals surface area (Å²) in [6.07, 6.45) is 0.616. The fraction of sp³-hybridized carbons (Fsp3) is 0.333. The number of carbonyl (C=O) groups is 2. The van der Waals surface area contributed by atoms with Crippen molar-refractivity contribution in [1.29, 1.82) is 0 Å². The fourth-order valence-electron chi connectivity index (χ4n) is 2.98. The lowest BCUT2D eigenvalue weighted by atomic mass is 10.1. The van der Waals surface area contributed by atoms with Crippen molar-refractivity contribution in [1.82, 2.24) is 15.5 Å². The van der Waals surface area contributed by atoms with Gasteiger partial charge in [0.05, 0.1) is 6.10 Å². The number of amides is 3. The number of carbonyl (C=O) groups excluding carboxylic acids is 2. The summed E-state index contributed by atoms with van der Waals surface area (Å²) in [7, 11) is 0. The molecule has 2 N–H and O–H groups in total. The van der Waals surface area contributed by atoms with Crippen molar-refractivity contribution >= 4 is 11.9 Å². The average Bonchev–Trinajstić information content (AvgIpc) is 2.72. The molecule has 0 saturated carbocycles.